The number of nitrogens with zero attached hydrogens (tertiary/aromatic N) is 3. The largest absolute Gasteiger partial charge is 0.507 e. The standard InChI is InChI=1S/C24H20N4O2S/c1-2-28-23(19-11-15-7-3-4-8-16(15)12-21(19)29)26-27-24(28)31-14-17-13-22(30)25-20-10-6-5-9-18(17)20/h3-13,29H,2,14H2,1H3,(H,25,30). The molecule has 0 amide bonds. The van der Waals surface area contributed by atoms with Crippen LogP contribution in [0.5, 0.6) is 5.75 Å². The number of rotatable bonds is 5. The lowest BCUT2D eigenvalue weighted by molar-refractivity contribution is 0.477. The van der Waals surface area contributed by atoms with Crippen molar-refractivity contribution in [3.8, 4) is 17.1 Å². The summed E-state index contributed by atoms with van der Waals surface area (Å²) in [4.78, 5) is 14.9. The van der Waals surface area contributed by atoms with Gasteiger partial charge in [-0.15, -0.1) is 10.2 Å². The van der Waals surface area contributed by atoms with Crippen LogP contribution < -0.4 is 5.56 Å². The minimum absolute atomic E-state index is 0.118. The van der Waals surface area contributed by atoms with Gasteiger partial charge < -0.3 is 14.7 Å². The Morgan fingerprint density at radius 2 is 1.74 bits per heavy atom. The van der Waals surface area contributed by atoms with E-state index in [0.717, 1.165) is 32.4 Å². The van der Waals surface area contributed by atoms with E-state index in [0.29, 0.717) is 23.7 Å². The fourth-order valence-corrected chi connectivity index (χ4v) is 4.82. The lowest BCUT2D eigenvalue weighted by Crippen LogP contribution is -2.06. The quantitative estimate of drug-likeness (QED) is 0.387. The van der Waals surface area contributed by atoms with Crippen molar-refractivity contribution < 1.29 is 5.11 Å². The zero-order chi connectivity index (χ0) is 21.4. The Balaban J connectivity index is 1.51. The Bertz CT molecular complexity index is 1470. The van der Waals surface area contributed by atoms with Crippen LogP contribution in [0.1, 0.15) is 12.5 Å². The van der Waals surface area contributed by atoms with E-state index in [2.05, 4.69) is 15.2 Å². The van der Waals surface area contributed by atoms with Crippen LogP contribution in [0.3, 0.4) is 0 Å². The fraction of sp³-hybridized carbons (Fsp3) is 0.125. The maximum Gasteiger partial charge on any atom is 0.248 e. The maximum absolute atomic E-state index is 12.0. The Hall–Kier alpha value is -3.58. The predicted molar refractivity (Wildman–Crippen MR) is 124 cm³/mol. The second-order valence-corrected chi connectivity index (χ2v) is 8.20. The van der Waals surface area contributed by atoms with E-state index in [4.69, 9.17) is 0 Å². The average Bonchev–Trinajstić information content (AvgIpc) is 3.19. The van der Waals surface area contributed by atoms with E-state index in [1.54, 1.807) is 12.1 Å². The molecule has 0 saturated heterocycles. The van der Waals surface area contributed by atoms with Gasteiger partial charge in [-0.1, -0.05) is 54.2 Å². The molecular weight excluding hydrogens is 408 g/mol. The molecule has 0 aliphatic rings. The highest BCUT2D eigenvalue weighted by atomic mass is 32.2. The van der Waals surface area contributed by atoms with Crippen molar-refractivity contribution in [3.63, 3.8) is 0 Å². The van der Waals surface area contributed by atoms with Crippen LogP contribution in [-0.2, 0) is 12.3 Å². The summed E-state index contributed by atoms with van der Waals surface area (Å²) in [5.41, 5.74) is 2.31. The molecule has 0 unspecified atom stereocenters. The third-order valence-corrected chi connectivity index (χ3v) is 6.35. The molecule has 31 heavy (non-hydrogen) atoms. The number of aromatic nitrogens is 4. The predicted octanol–water partition coefficient (Wildman–Crippen LogP) is 4.96. The SMILES string of the molecule is CCn1c(SCc2cc(=O)[nH]c3ccccc23)nnc1-c1cc2ccccc2cc1O. The number of hydrogen-bond donors (Lipinski definition) is 2. The van der Waals surface area contributed by atoms with Gasteiger partial charge >= 0.3 is 0 Å². The fourth-order valence-electron chi connectivity index (χ4n) is 3.83. The molecule has 0 spiro atoms. The molecule has 2 N–H and O–H groups in total. The van der Waals surface area contributed by atoms with Gasteiger partial charge in [0.15, 0.2) is 11.0 Å². The number of para-hydroxylation sites is 1. The van der Waals surface area contributed by atoms with Gasteiger partial charge in [0.1, 0.15) is 5.75 Å². The van der Waals surface area contributed by atoms with Gasteiger partial charge in [-0.25, -0.2) is 0 Å². The van der Waals surface area contributed by atoms with Crippen LogP contribution in [-0.4, -0.2) is 24.9 Å². The highest BCUT2D eigenvalue weighted by Gasteiger charge is 2.17. The summed E-state index contributed by atoms with van der Waals surface area (Å²) >= 11 is 1.53. The summed E-state index contributed by atoms with van der Waals surface area (Å²) in [7, 11) is 0. The smallest absolute Gasteiger partial charge is 0.248 e. The molecule has 0 aliphatic carbocycles. The number of phenolic OH excluding ortho intramolecular Hbond substituents is 1. The van der Waals surface area contributed by atoms with Gasteiger partial charge in [0.2, 0.25) is 5.56 Å². The van der Waals surface area contributed by atoms with Gasteiger partial charge in [-0.05, 0) is 41.5 Å². The first-order valence-electron chi connectivity index (χ1n) is 10.0. The normalized spacial score (nSPS) is 11.4. The van der Waals surface area contributed by atoms with Gasteiger partial charge in [-0.3, -0.25) is 4.79 Å². The van der Waals surface area contributed by atoms with Crippen molar-refractivity contribution in [2.24, 2.45) is 0 Å². The van der Waals surface area contributed by atoms with E-state index in [9.17, 15) is 9.90 Å². The second kappa shape index (κ2) is 7.92. The molecule has 6 nitrogen and oxygen atoms in total. The monoisotopic (exact) mass is 428 g/mol. The minimum Gasteiger partial charge on any atom is -0.507 e. The Morgan fingerprint density at radius 1 is 1.00 bits per heavy atom. The Kier molecular flexibility index (Phi) is 4.95. The number of benzene rings is 3. The number of fused-ring (bicyclic) bond motifs is 2. The van der Waals surface area contributed by atoms with Gasteiger partial charge in [0.05, 0.1) is 5.56 Å². The summed E-state index contributed by atoms with van der Waals surface area (Å²) < 4.78 is 1.99. The minimum atomic E-state index is -0.118. The molecule has 0 saturated carbocycles. The van der Waals surface area contributed by atoms with Crippen molar-refractivity contribution >= 4 is 33.4 Å². The van der Waals surface area contributed by atoms with E-state index in [-0.39, 0.29) is 11.3 Å². The van der Waals surface area contributed by atoms with Gasteiger partial charge in [0, 0.05) is 29.3 Å². The van der Waals surface area contributed by atoms with E-state index in [1.165, 1.54) is 11.8 Å². The topological polar surface area (TPSA) is 83.8 Å². The molecule has 2 aromatic heterocycles. The summed E-state index contributed by atoms with van der Waals surface area (Å²) in [5, 5.41) is 23.2. The molecule has 154 valence electrons. The third kappa shape index (κ3) is 3.57. The molecule has 5 rings (SSSR count). The van der Waals surface area contributed by atoms with Crippen LogP contribution in [0.15, 0.2) is 76.7 Å². The van der Waals surface area contributed by atoms with Crippen molar-refractivity contribution in [1.82, 2.24) is 19.7 Å². The molecule has 0 atom stereocenters. The van der Waals surface area contributed by atoms with Gasteiger partial charge in [0.25, 0.3) is 0 Å². The molecule has 0 fully saturated rings. The number of thioether (sulfide) groups is 1. The molecule has 0 aliphatic heterocycles. The molecule has 5 aromatic rings. The Labute approximate surface area is 182 Å². The summed E-state index contributed by atoms with van der Waals surface area (Å²) in [6.45, 7) is 2.69. The summed E-state index contributed by atoms with van der Waals surface area (Å²) in [6, 6.07) is 21.0. The number of H-pyrrole nitrogens is 1. The first-order chi connectivity index (χ1) is 15.1. The highest BCUT2D eigenvalue weighted by molar-refractivity contribution is 7.98. The number of aromatic amines is 1. The first-order valence-corrected chi connectivity index (χ1v) is 11.0. The zero-order valence-electron chi connectivity index (χ0n) is 16.9. The molecule has 0 bridgehead atoms. The molecule has 2 heterocycles. The van der Waals surface area contributed by atoms with Crippen LogP contribution in [0.25, 0.3) is 33.1 Å². The third-order valence-electron chi connectivity index (χ3n) is 5.33. The average molecular weight is 429 g/mol. The number of aromatic hydroxyl groups is 1. The van der Waals surface area contributed by atoms with Crippen LogP contribution >= 0.6 is 11.8 Å². The van der Waals surface area contributed by atoms with Gasteiger partial charge in [-0.2, -0.15) is 0 Å². The number of pyridine rings is 1. The van der Waals surface area contributed by atoms with Crippen molar-refractivity contribution in [1.29, 1.82) is 0 Å². The lowest BCUT2D eigenvalue weighted by Gasteiger charge is -2.10. The highest BCUT2D eigenvalue weighted by Crippen LogP contribution is 2.34. The van der Waals surface area contributed by atoms with Crippen molar-refractivity contribution in [3.05, 3.63) is 82.6 Å². The maximum atomic E-state index is 12.0. The van der Waals surface area contributed by atoms with Crippen LogP contribution in [0.2, 0.25) is 0 Å². The molecule has 3 aromatic carbocycles. The molecular formula is C24H20N4O2S. The zero-order valence-corrected chi connectivity index (χ0v) is 17.7. The van der Waals surface area contributed by atoms with Crippen LogP contribution in [0.4, 0.5) is 0 Å². The van der Waals surface area contributed by atoms with E-state index < -0.39 is 0 Å². The summed E-state index contributed by atoms with van der Waals surface area (Å²) in [6.07, 6.45) is 0. The van der Waals surface area contributed by atoms with Crippen molar-refractivity contribution in [2.75, 3.05) is 0 Å². The molecule has 7 heteroatoms. The second-order valence-electron chi connectivity index (χ2n) is 7.26. The number of nitrogens with one attached hydrogen (secondary N) is 1. The Morgan fingerprint density at radius 3 is 2.55 bits per heavy atom. The number of phenols is 1. The van der Waals surface area contributed by atoms with E-state index in [1.807, 2.05) is 66.1 Å². The number of hydrogen-bond acceptors (Lipinski definition) is 5. The summed E-state index contributed by atoms with van der Waals surface area (Å²) in [5.74, 6) is 1.40. The van der Waals surface area contributed by atoms with Crippen LogP contribution in [0, 0.1) is 0 Å². The molecule has 0 radical (unpaired) electrons. The van der Waals surface area contributed by atoms with E-state index >= 15 is 0 Å². The first kappa shape index (κ1) is 19.4. The van der Waals surface area contributed by atoms with Crippen molar-refractivity contribution in [2.45, 2.75) is 24.4 Å². The lowest BCUT2D eigenvalue weighted by atomic mass is 10.1.